The Kier molecular flexibility index (Phi) is 14.7. The zero-order valence-corrected chi connectivity index (χ0v) is 29.0. The number of hydrogen-bond acceptors (Lipinski definition) is 0. The first-order valence-corrected chi connectivity index (χ1v) is 23.2. The van der Waals surface area contributed by atoms with Crippen molar-refractivity contribution >= 4 is 80.7 Å². The SMILES string of the molecule is [Cl][Co]([Cl])[Cl].c1ccc([PH+](CC[PH+](c2ccccc2)c2ccccc2)CC[PH+](c2ccccc2)c2ccccc2)cc1. The van der Waals surface area contributed by atoms with Crippen LogP contribution in [0, 0.1) is 0 Å². The molecule has 0 N–H and O–H groups in total. The molecule has 0 amide bonds. The summed E-state index contributed by atoms with van der Waals surface area (Å²) >= 11 is 0. The van der Waals surface area contributed by atoms with Gasteiger partial charge in [-0.1, -0.05) is 91.0 Å². The minimum absolute atomic E-state index is 0.689. The minimum atomic E-state index is -1.19. The van der Waals surface area contributed by atoms with Gasteiger partial charge in [-0.05, 0) is 60.7 Å². The van der Waals surface area contributed by atoms with E-state index in [1.165, 1.54) is 45.9 Å². The molecule has 214 valence electrons. The third-order valence-electron chi connectivity index (χ3n) is 7.02. The van der Waals surface area contributed by atoms with Crippen LogP contribution in [0.2, 0.25) is 0 Å². The van der Waals surface area contributed by atoms with Crippen LogP contribution in [0.3, 0.4) is 0 Å². The van der Waals surface area contributed by atoms with Crippen molar-refractivity contribution in [1.82, 2.24) is 0 Å². The van der Waals surface area contributed by atoms with Gasteiger partial charge in [-0.2, -0.15) is 0 Å². The zero-order chi connectivity index (χ0) is 28.7. The van der Waals surface area contributed by atoms with Crippen molar-refractivity contribution in [3.05, 3.63) is 152 Å². The third kappa shape index (κ3) is 11.1. The van der Waals surface area contributed by atoms with Crippen LogP contribution < -0.4 is 26.5 Å². The predicted octanol–water partition coefficient (Wildman–Crippen LogP) is 8.32. The second-order valence-corrected chi connectivity index (χ2v) is 22.7. The smallest absolute Gasteiger partial charge is 0.0620 e. The molecule has 7 heteroatoms. The minimum Gasteiger partial charge on any atom is -0.0620 e. The van der Waals surface area contributed by atoms with Gasteiger partial charge in [-0.25, -0.2) is 0 Å². The fourth-order valence-electron chi connectivity index (χ4n) is 5.11. The summed E-state index contributed by atoms with van der Waals surface area (Å²) in [4.78, 5) is 0. The topological polar surface area (TPSA) is 0 Å². The molecule has 41 heavy (non-hydrogen) atoms. The van der Waals surface area contributed by atoms with Gasteiger partial charge in [-0.3, -0.25) is 0 Å². The molecule has 0 aliphatic heterocycles. The van der Waals surface area contributed by atoms with Crippen molar-refractivity contribution in [2.24, 2.45) is 0 Å². The summed E-state index contributed by atoms with van der Waals surface area (Å²) in [7, 11) is 11.1. The number of halogens is 3. The van der Waals surface area contributed by atoms with E-state index in [0.717, 1.165) is 0 Å². The van der Waals surface area contributed by atoms with Crippen LogP contribution in [-0.4, -0.2) is 24.6 Å². The van der Waals surface area contributed by atoms with E-state index in [1.807, 2.05) is 0 Å². The summed E-state index contributed by atoms with van der Waals surface area (Å²) in [6.45, 7) is 0. The van der Waals surface area contributed by atoms with E-state index in [-0.39, 0.29) is 0 Å². The molecule has 0 unspecified atom stereocenters. The van der Waals surface area contributed by atoms with Crippen LogP contribution in [-0.2, 0) is 10.9 Å². The summed E-state index contributed by atoms with van der Waals surface area (Å²) in [5.74, 6) is 0. The average Bonchev–Trinajstić information content (AvgIpc) is 3.02. The van der Waals surface area contributed by atoms with Crippen molar-refractivity contribution in [1.29, 1.82) is 0 Å². The molecule has 0 heterocycles. The second-order valence-electron chi connectivity index (χ2n) is 9.53. The molecule has 0 aliphatic rings. The summed E-state index contributed by atoms with van der Waals surface area (Å²) in [5.41, 5.74) is 0. The largest absolute Gasteiger partial charge is 0.100 e. The van der Waals surface area contributed by atoms with E-state index >= 15 is 0 Å². The van der Waals surface area contributed by atoms with Crippen molar-refractivity contribution in [2.45, 2.75) is 0 Å². The Bertz CT molecular complexity index is 1210. The molecule has 0 radical (unpaired) electrons. The van der Waals surface area contributed by atoms with Crippen molar-refractivity contribution in [3.63, 3.8) is 0 Å². The van der Waals surface area contributed by atoms with E-state index in [9.17, 15) is 0 Å². The first kappa shape index (κ1) is 32.7. The van der Waals surface area contributed by atoms with E-state index in [4.69, 9.17) is 30.4 Å². The molecular formula is C34H36Cl3CoP3+3. The van der Waals surface area contributed by atoms with Gasteiger partial charge in [-0.15, -0.1) is 0 Å². The molecule has 0 aromatic heterocycles. The Labute approximate surface area is 266 Å². The average molecular weight is 703 g/mol. The molecular weight excluding hydrogens is 667 g/mol. The van der Waals surface area contributed by atoms with Crippen LogP contribution >= 0.6 is 54.2 Å². The molecule has 0 atom stereocenters. The number of hydrogen-bond donors (Lipinski definition) is 0. The fourth-order valence-corrected chi connectivity index (χ4v) is 15.2. The molecule has 5 aromatic rings. The Hall–Kier alpha value is -1.23. The van der Waals surface area contributed by atoms with Crippen molar-refractivity contribution in [2.75, 3.05) is 24.6 Å². The fraction of sp³-hybridized carbons (Fsp3) is 0.118. The van der Waals surface area contributed by atoms with Crippen LogP contribution in [0.25, 0.3) is 0 Å². The van der Waals surface area contributed by atoms with Crippen molar-refractivity contribution in [3.8, 4) is 0 Å². The van der Waals surface area contributed by atoms with Gasteiger partial charge in [0.25, 0.3) is 0 Å². The maximum absolute atomic E-state index is 4.87. The molecule has 0 saturated carbocycles. The molecule has 0 spiro atoms. The first-order valence-electron chi connectivity index (χ1n) is 13.6. The number of rotatable bonds is 11. The zero-order valence-electron chi connectivity index (χ0n) is 22.7. The van der Waals surface area contributed by atoms with Crippen LogP contribution in [0.1, 0.15) is 0 Å². The second kappa shape index (κ2) is 18.4. The van der Waals surface area contributed by atoms with Gasteiger partial charge in [0.2, 0.25) is 0 Å². The molecule has 0 saturated heterocycles. The van der Waals surface area contributed by atoms with Gasteiger partial charge >= 0.3 is 41.4 Å². The Morgan fingerprint density at radius 1 is 0.341 bits per heavy atom. The third-order valence-corrected chi connectivity index (χ3v) is 16.5. The Balaban J connectivity index is 0.000000909. The van der Waals surface area contributed by atoms with E-state index in [2.05, 4.69) is 152 Å². The Morgan fingerprint density at radius 3 is 0.805 bits per heavy atom. The maximum Gasteiger partial charge on any atom is 0.100 e. The number of benzene rings is 5. The van der Waals surface area contributed by atoms with Crippen LogP contribution in [0.15, 0.2) is 152 Å². The van der Waals surface area contributed by atoms with Gasteiger partial charge in [0.1, 0.15) is 12.3 Å². The summed E-state index contributed by atoms with van der Waals surface area (Å²) in [6, 6.07) is 56.5. The van der Waals surface area contributed by atoms with Gasteiger partial charge < -0.3 is 0 Å². The van der Waals surface area contributed by atoms with Gasteiger partial charge in [0, 0.05) is 7.92 Å². The summed E-state index contributed by atoms with van der Waals surface area (Å²) < 4.78 is 0. The molecule has 0 fully saturated rings. The predicted molar refractivity (Wildman–Crippen MR) is 192 cm³/mol. The molecule has 0 aliphatic carbocycles. The molecule has 5 aromatic carbocycles. The monoisotopic (exact) mass is 701 g/mol. The summed E-state index contributed by atoms with van der Waals surface area (Å²) in [5, 5.41) is 7.73. The summed E-state index contributed by atoms with van der Waals surface area (Å²) in [6.07, 6.45) is 5.23. The molecule has 5 rings (SSSR count). The van der Waals surface area contributed by atoms with E-state index in [0.29, 0.717) is 0 Å². The molecule has 0 bridgehead atoms. The normalized spacial score (nSPS) is 11.3. The van der Waals surface area contributed by atoms with Gasteiger partial charge in [0.05, 0.1) is 54.7 Å². The van der Waals surface area contributed by atoms with Crippen LogP contribution in [0.4, 0.5) is 0 Å². The maximum atomic E-state index is 4.87. The van der Waals surface area contributed by atoms with Crippen LogP contribution in [0.5, 0.6) is 0 Å². The quantitative estimate of drug-likeness (QED) is 0.122. The first-order chi connectivity index (χ1) is 20.1. The standard InChI is InChI=1S/C34H33P3.3ClH.Co/c1-6-16-30(17-7-1)35(26-28-36(31-18-8-2-9-19-31)32-20-10-3-11-21-32)27-29-37(33-22-12-4-13-23-33)34-24-14-5-15-25-34;;;;/h1-25H,26-29H2;3*1H;/q;;;;+3. The molecule has 0 nitrogen and oxygen atoms in total. The van der Waals surface area contributed by atoms with Gasteiger partial charge in [0.15, 0.2) is 0 Å². The van der Waals surface area contributed by atoms with E-state index in [1.54, 1.807) is 5.30 Å². The Morgan fingerprint density at radius 2 is 0.561 bits per heavy atom. The van der Waals surface area contributed by atoms with E-state index < -0.39 is 34.7 Å². The van der Waals surface area contributed by atoms with Crippen molar-refractivity contribution < 1.29 is 10.9 Å².